The van der Waals surface area contributed by atoms with Crippen LogP contribution in [-0.2, 0) is 4.74 Å². The third-order valence-electron chi connectivity index (χ3n) is 4.60. The molecule has 2 aromatic heterocycles. The molecule has 1 N–H and O–H groups in total. The van der Waals surface area contributed by atoms with Crippen molar-refractivity contribution in [2.75, 3.05) is 31.6 Å². The summed E-state index contributed by atoms with van der Waals surface area (Å²) in [4.78, 5) is 23.3. The number of amides is 1. The number of rotatable bonds is 3. The zero-order valence-electron chi connectivity index (χ0n) is 13.4. The number of nitrogens with one attached hydrogen (secondary N) is 1. The van der Waals surface area contributed by atoms with Crippen LogP contribution in [0.1, 0.15) is 35.9 Å². The molecule has 2 aromatic rings. The normalized spacial score (nSPS) is 19.8. The van der Waals surface area contributed by atoms with Gasteiger partial charge in [-0.05, 0) is 26.7 Å². The van der Waals surface area contributed by atoms with E-state index in [0.717, 1.165) is 12.8 Å². The molecule has 1 aliphatic carbocycles. The minimum atomic E-state index is -0.0386. The van der Waals surface area contributed by atoms with Gasteiger partial charge in [-0.1, -0.05) is 0 Å². The Labute approximate surface area is 134 Å². The fourth-order valence-corrected chi connectivity index (χ4v) is 2.92. The van der Waals surface area contributed by atoms with Crippen LogP contribution in [0.25, 0.3) is 11.1 Å². The second kappa shape index (κ2) is 5.19. The van der Waals surface area contributed by atoms with Gasteiger partial charge in [-0.3, -0.25) is 4.79 Å². The van der Waals surface area contributed by atoms with E-state index in [4.69, 9.17) is 9.15 Å². The fraction of sp³-hybridized carbons (Fsp3) is 0.562. The van der Waals surface area contributed by atoms with Crippen LogP contribution in [0.2, 0.25) is 0 Å². The van der Waals surface area contributed by atoms with Crippen molar-refractivity contribution in [3.63, 3.8) is 0 Å². The molecule has 2 fully saturated rings. The van der Waals surface area contributed by atoms with Crippen LogP contribution < -0.4 is 5.32 Å². The maximum atomic E-state index is 13.0. The summed E-state index contributed by atoms with van der Waals surface area (Å²) in [5.74, 6) is 1.23. The molecule has 0 aromatic carbocycles. The monoisotopic (exact) mass is 316 g/mol. The summed E-state index contributed by atoms with van der Waals surface area (Å²) >= 11 is 0. The van der Waals surface area contributed by atoms with Gasteiger partial charge in [0.2, 0.25) is 5.71 Å². The minimum absolute atomic E-state index is 0.0386. The molecule has 122 valence electrons. The first-order valence-corrected chi connectivity index (χ1v) is 7.97. The van der Waals surface area contributed by atoms with E-state index in [1.54, 1.807) is 11.8 Å². The molecule has 7 heteroatoms. The molecule has 0 unspecified atom stereocenters. The van der Waals surface area contributed by atoms with Crippen molar-refractivity contribution in [2.24, 2.45) is 0 Å². The van der Waals surface area contributed by atoms with Gasteiger partial charge in [-0.15, -0.1) is 0 Å². The molecule has 3 heterocycles. The number of hydrogen-bond donors (Lipinski definition) is 1. The van der Waals surface area contributed by atoms with E-state index in [1.807, 2.05) is 0 Å². The van der Waals surface area contributed by atoms with E-state index in [1.165, 1.54) is 6.33 Å². The first-order chi connectivity index (χ1) is 11.1. The average molecular weight is 316 g/mol. The second-order valence-corrected chi connectivity index (χ2v) is 6.53. The molecule has 0 radical (unpaired) electrons. The maximum absolute atomic E-state index is 13.0. The molecule has 1 amide bonds. The minimum Gasteiger partial charge on any atom is -0.442 e. The van der Waals surface area contributed by atoms with Crippen molar-refractivity contribution in [1.29, 1.82) is 0 Å². The number of aromatic nitrogens is 2. The molecular formula is C16H20N4O3. The zero-order valence-corrected chi connectivity index (χ0v) is 13.4. The quantitative estimate of drug-likeness (QED) is 0.932. The fourth-order valence-electron chi connectivity index (χ4n) is 2.92. The van der Waals surface area contributed by atoms with Crippen LogP contribution in [0.15, 0.2) is 10.7 Å². The lowest BCUT2D eigenvalue weighted by atomic mass is 10.1. The van der Waals surface area contributed by atoms with E-state index < -0.39 is 0 Å². The smallest absolute Gasteiger partial charge is 0.258 e. The van der Waals surface area contributed by atoms with Gasteiger partial charge in [-0.25, -0.2) is 9.97 Å². The van der Waals surface area contributed by atoms with E-state index >= 15 is 0 Å². The lowest BCUT2D eigenvalue weighted by Crippen LogP contribution is -2.40. The summed E-state index contributed by atoms with van der Waals surface area (Å²) in [6.45, 7) is 6.29. The Hall–Kier alpha value is -2.15. The largest absolute Gasteiger partial charge is 0.442 e. The molecule has 23 heavy (non-hydrogen) atoms. The second-order valence-electron chi connectivity index (χ2n) is 6.53. The van der Waals surface area contributed by atoms with Crippen molar-refractivity contribution in [3.05, 3.63) is 17.7 Å². The summed E-state index contributed by atoms with van der Waals surface area (Å²) in [7, 11) is 0. The van der Waals surface area contributed by atoms with Crippen molar-refractivity contribution in [1.82, 2.24) is 14.9 Å². The lowest BCUT2D eigenvalue weighted by molar-refractivity contribution is 0.0303. The molecule has 7 nitrogen and oxygen atoms in total. The third-order valence-corrected chi connectivity index (χ3v) is 4.60. The highest BCUT2D eigenvalue weighted by atomic mass is 16.5. The number of aryl methyl sites for hydroxylation is 1. The Bertz CT molecular complexity index is 760. The number of carbonyl (C=O) groups is 1. The first-order valence-electron chi connectivity index (χ1n) is 7.97. The van der Waals surface area contributed by atoms with Crippen LogP contribution in [-0.4, -0.2) is 52.6 Å². The number of anilines is 1. The highest BCUT2D eigenvalue weighted by molar-refractivity contribution is 6.10. The van der Waals surface area contributed by atoms with Gasteiger partial charge in [0.25, 0.3) is 5.91 Å². The van der Waals surface area contributed by atoms with E-state index in [2.05, 4.69) is 22.2 Å². The molecule has 4 rings (SSSR count). The number of carbonyl (C=O) groups excluding carboxylic acids is 1. The van der Waals surface area contributed by atoms with Crippen LogP contribution in [0.4, 0.5) is 5.82 Å². The third kappa shape index (κ3) is 2.55. The number of morpholine rings is 1. The van der Waals surface area contributed by atoms with Gasteiger partial charge in [0.1, 0.15) is 17.9 Å². The molecular weight excluding hydrogens is 296 g/mol. The van der Waals surface area contributed by atoms with Crippen molar-refractivity contribution < 1.29 is 13.9 Å². The predicted octanol–water partition coefficient (Wildman–Crippen LogP) is 1.97. The Balaban J connectivity index is 1.78. The summed E-state index contributed by atoms with van der Waals surface area (Å²) in [5, 5.41) is 4.13. The topological polar surface area (TPSA) is 80.5 Å². The van der Waals surface area contributed by atoms with Crippen LogP contribution >= 0.6 is 0 Å². The Morgan fingerprint density at radius 1 is 1.30 bits per heavy atom. The number of fused-ring (bicyclic) bond motifs is 1. The molecule has 2 aliphatic rings. The van der Waals surface area contributed by atoms with Gasteiger partial charge >= 0.3 is 0 Å². The lowest BCUT2D eigenvalue weighted by Gasteiger charge is -2.26. The number of ether oxygens (including phenoxy) is 1. The zero-order chi connectivity index (χ0) is 16.0. The Morgan fingerprint density at radius 2 is 2.04 bits per heavy atom. The van der Waals surface area contributed by atoms with E-state index in [-0.39, 0.29) is 11.4 Å². The van der Waals surface area contributed by atoms with E-state index in [9.17, 15) is 4.79 Å². The predicted molar refractivity (Wildman–Crippen MR) is 84.5 cm³/mol. The van der Waals surface area contributed by atoms with Crippen LogP contribution in [0.3, 0.4) is 0 Å². The van der Waals surface area contributed by atoms with Gasteiger partial charge in [0.05, 0.1) is 24.2 Å². The van der Waals surface area contributed by atoms with Gasteiger partial charge in [-0.2, -0.15) is 0 Å². The number of nitrogens with zero attached hydrogens (tertiary/aromatic N) is 3. The maximum Gasteiger partial charge on any atom is 0.258 e. The number of hydrogen-bond acceptors (Lipinski definition) is 6. The number of furan rings is 1. The standard InChI is InChI=1S/C16H20N4O3/c1-10-11(15(21)20-5-7-22-8-6-20)12-13(19-16(2)3-4-16)17-9-18-14(12)23-10/h9H,3-8H2,1-2H3,(H,17,18,19). The van der Waals surface area contributed by atoms with Crippen LogP contribution in [0, 0.1) is 6.92 Å². The van der Waals surface area contributed by atoms with Crippen molar-refractivity contribution >= 4 is 22.8 Å². The first kappa shape index (κ1) is 14.4. The van der Waals surface area contributed by atoms with Crippen LogP contribution in [0.5, 0.6) is 0 Å². The molecule has 1 saturated carbocycles. The highest BCUT2D eigenvalue weighted by Crippen LogP contribution is 2.40. The molecule has 0 bridgehead atoms. The SMILES string of the molecule is Cc1oc2ncnc(NC3(C)CC3)c2c1C(=O)N1CCOCC1. The summed E-state index contributed by atoms with van der Waals surface area (Å²) < 4.78 is 11.0. The van der Waals surface area contributed by atoms with Crippen molar-refractivity contribution in [2.45, 2.75) is 32.2 Å². The Kier molecular flexibility index (Phi) is 3.26. The van der Waals surface area contributed by atoms with E-state index in [0.29, 0.717) is 54.5 Å². The average Bonchev–Trinajstić information content (AvgIpc) is 3.17. The highest BCUT2D eigenvalue weighted by Gasteiger charge is 2.39. The molecule has 1 aliphatic heterocycles. The van der Waals surface area contributed by atoms with Gasteiger partial charge in [0.15, 0.2) is 0 Å². The molecule has 0 atom stereocenters. The van der Waals surface area contributed by atoms with Gasteiger partial charge in [0, 0.05) is 18.6 Å². The summed E-state index contributed by atoms with van der Waals surface area (Å²) in [5.41, 5.74) is 1.08. The van der Waals surface area contributed by atoms with Gasteiger partial charge < -0.3 is 19.4 Å². The summed E-state index contributed by atoms with van der Waals surface area (Å²) in [6.07, 6.45) is 3.67. The molecule has 1 saturated heterocycles. The molecule has 0 spiro atoms. The summed E-state index contributed by atoms with van der Waals surface area (Å²) in [6, 6.07) is 0. The Morgan fingerprint density at radius 3 is 2.74 bits per heavy atom. The van der Waals surface area contributed by atoms with Crippen molar-refractivity contribution in [3.8, 4) is 0 Å².